The molecule has 1 aromatic carbocycles. The van der Waals surface area contributed by atoms with Crippen molar-refractivity contribution >= 4 is 11.6 Å². The van der Waals surface area contributed by atoms with Gasteiger partial charge in [-0.15, -0.1) is 11.6 Å². The highest BCUT2D eigenvalue weighted by atomic mass is 35.5. The molecule has 1 aromatic rings. The van der Waals surface area contributed by atoms with Crippen LogP contribution in [0.1, 0.15) is 30.2 Å². The zero-order valence-electron chi connectivity index (χ0n) is 8.67. The molecule has 0 aromatic heterocycles. The first kappa shape index (κ1) is 10.7. The topological polar surface area (TPSA) is 9.23 Å². The molecule has 1 atom stereocenters. The Hall–Kier alpha value is -0.760. The number of rotatable bonds is 4. The van der Waals surface area contributed by atoms with Gasteiger partial charge < -0.3 is 4.74 Å². The lowest BCUT2D eigenvalue weighted by molar-refractivity contribution is 0.406. The van der Waals surface area contributed by atoms with Crippen molar-refractivity contribution in [2.75, 3.05) is 7.11 Å². The van der Waals surface area contributed by atoms with Crippen LogP contribution in [0.25, 0.3) is 0 Å². The van der Waals surface area contributed by atoms with Gasteiger partial charge in [0.15, 0.2) is 0 Å². The smallest absolute Gasteiger partial charge is 0.123 e. The summed E-state index contributed by atoms with van der Waals surface area (Å²) >= 11 is 6.25. The zero-order valence-corrected chi connectivity index (χ0v) is 9.43. The summed E-state index contributed by atoms with van der Waals surface area (Å²) in [5.74, 6) is 1.14. The third-order valence-electron chi connectivity index (χ3n) is 2.77. The Bertz CT molecular complexity index is 349. The van der Waals surface area contributed by atoms with E-state index in [2.05, 4.69) is 0 Å². The molecule has 0 saturated heterocycles. The molecule has 0 amide bonds. The van der Waals surface area contributed by atoms with Crippen molar-refractivity contribution in [3.05, 3.63) is 29.6 Å². The monoisotopic (exact) mass is 228 g/mol. The first-order valence-electron chi connectivity index (χ1n) is 5.18. The highest BCUT2D eigenvalue weighted by Crippen LogP contribution is 2.42. The van der Waals surface area contributed by atoms with Crippen LogP contribution in [-0.4, -0.2) is 7.11 Å². The maximum absolute atomic E-state index is 13.1. The van der Waals surface area contributed by atoms with Gasteiger partial charge >= 0.3 is 0 Å². The normalized spacial score (nSPS) is 17.5. The average Bonchev–Trinajstić information content (AvgIpc) is 3.01. The van der Waals surface area contributed by atoms with E-state index in [1.807, 2.05) is 0 Å². The fourth-order valence-corrected chi connectivity index (χ4v) is 2.15. The minimum atomic E-state index is -0.257. The molecule has 1 unspecified atom stereocenters. The van der Waals surface area contributed by atoms with Crippen LogP contribution >= 0.6 is 11.6 Å². The predicted molar refractivity (Wildman–Crippen MR) is 58.9 cm³/mol. The number of hydrogen-bond acceptors (Lipinski definition) is 1. The molecule has 1 nitrogen and oxygen atoms in total. The van der Waals surface area contributed by atoms with Crippen LogP contribution in [0.5, 0.6) is 5.75 Å². The zero-order chi connectivity index (χ0) is 10.8. The Morgan fingerprint density at radius 1 is 1.53 bits per heavy atom. The molecule has 0 heterocycles. The molecule has 1 fully saturated rings. The van der Waals surface area contributed by atoms with Gasteiger partial charge in [-0.3, -0.25) is 0 Å². The van der Waals surface area contributed by atoms with E-state index in [9.17, 15) is 4.39 Å². The van der Waals surface area contributed by atoms with Gasteiger partial charge in [0.25, 0.3) is 0 Å². The van der Waals surface area contributed by atoms with Gasteiger partial charge in [-0.2, -0.15) is 0 Å². The van der Waals surface area contributed by atoms with Crippen LogP contribution in [0, 0.1) is 11.7 Å². The van der Waals surface area contributed by atoms with Crippen molar-refractivity contribution in [3.63, 3.8) is 0 Å². The maximum atomic E-state index is 13.1. The predicted octanol–water partition coefficient (Wildman–Crippen LogP) is 3.91. The quantitative estimate of drug-likeness (QED) is 0.710. The molecule has 2 rings (SSSR count). The molecule has 0 radical (unpaired) electrons. The molecule has 0 N–H and O–H groups in total. The van der Waals surface area contributed by atoms with Crippen LogP contribution < -0.4 is 4.74 Å². The second kappa shape index (κ2) is 4.40. The number of benzene rings is 1. The average molecular weight is 229 g/mol. The van der Waals surface area contributed by atoms with Gasteiger partial charge in [0.1, 0.15) is 11.6 Å². The molecule has 82 valence electrons. The highest BCUT2D eigenvalue weighted by molar-refractivity contribution is 6.21. The molecule has 1 aliphatic carbocycles. The molecule has 1 aliphatic rings. The van der Waals surface area contributed by atoms with E-state index < -0.39 is 0 Å². The van der Waals surface area contributed by atoms with E-state index in [1.165, 1.54) is 25.0 Å². The minimum Gasteiger partial charge on any atom is -0.496 e. The van der Waals surface area contributed by atoms with Crippen molar-refractivity contribution in [2.45, 2.75) is 24.6 Å². The molecule has 0 bridgehead atoms. The van der Waals surface area contributed by atoms with Crippen molar-refractivity contribution in [3.8, 4) is 5.75 Å². The molecule has 1 saturated carbocycles. The Morgan fingerprint density at radius 3 is 2.87 bits per heavy atom. The lowest BCUT2D eigenvalue weighted by Gasteiger charge is -2.13. The largest absolute Gasteiger partial charge is 0.496 e. The Labute approximate surface area is 94.2 Å². The van der Waals surface area contributed by atoms with Gasteiger partial charge in [0.05, 0.1) is 12.5 Å². The van der Waals surface area contributed by atoms with Gasteiger partial charge in [-0.25, -0.2) is 4.39 Å². The first-order valence-corrected chi connectivity index (χ1v) is 5.62. The summed E-state index contributed by atoms with van der Waals surface area (Å²) in [7, 11) is 1.58. The van der Waals surface area contributed by atoms with Crippen molar-refractivity contribution in [2.24, 2.45) is 5.92 Å². The Balaban J connectivity index is 2.18. The third-order valence-corrected chi connectivity index (χ3v) is 3.18. The number of halogens is 2. The summed E-state index contributed by atoms with van der Waals surface area (Å²) in [6.07, 6.45) is 3.42. The third kappa shape index (κ3) is 2.63. The van der Waals surface area contributed by atoms with E-state index in [-0.39, 0.29) is 11.2 Å². The fraction of sp³-hybridized carbons (Fsp3) is 0.500. The number of alkyl halides is 1. The molecule has 15 heavy (non-hydrogen) atoms. The SMILES string of the molecule is COc1ccc(F)cc1C(Cl)CC1CC1. The van der Waals surface area contributed by atoms with Crippen LogP contribution in [-0.2, 0) is 0 Å². The number of hydrogen-bond donors (Lipinski definition) is 0. The lowest BCUT2D eigenvalue weighted by atomic mass is 10.1. The van der Waals surface area contributed by atoms with Gasteiger partial charge in [-0.05, 0) is 30.5 Å². The Morgan fingerprint density at radius 2 is 2.27 bits per heavy atom. The van der Waals surface area contributed by atoms with E-state index in [4.69, 9.17) is 16.3 Å². The van der Waals surface area contributed by atoms with Crippen LogP contribution in [0.3, 0.4) is 0 Å². The summed E-state index contributed by atoms with van der Waals surface area (Å²) in [5.41, 5.74) is 0.770. The van der Waals surface area contributed by atoms with Crippen molar-refractivity contribution in [1.29, 1.82) is 0 Å². The lowest BCUT2D eigenvalue weighted by Crippen LogP contribution is -1.97. The van der Waals surface area contributed by atoms with Gasteiger partial charge in [-0.1, -0.05) is 12.8 Å². The summed E-state index contributed by atoms with van der Waals surface area (Å²) in [6, 6.07) is 4.49. The minimum absolute atomic E-state index is 0.136. The summed E-state index contributed by atoms with van der Waals surface area (Å²) < 4.78 is 18.3. The first-order chi connectivity index (χ1) is 7.20. The Kier molecular flexibility index (Phi) is 3.15. The second-order valence-electron chi connectivity index (χ2n) is 4.03. The van der Waals surface area contributed by atoms with E-state index in [1.54, 1.807) is 13.2 Å². The highest BCUT2D eigenvalue weighted by Gasteiger charge is 2.26. The molecule has 0 spiro atoms. The van der Waals surface area contributed by atoms with Crippen molar-refractivity contribution in [1.82, 2.24) is 0 Å². The van der Waals surface area contributed by atoms with E-state index in [0.717, 1.165) is 17.9 Å². The molecular weight excluding hydrogens is 215 g/mol. The maximum Gasteiger partial charge on any atom is 0.123 e. The van der Waals surface area contributed by atoms with Gasteiger partial charge in [0.2, 0.25) is 0 Å². The number of ether oxygens (including phenoxy) is 1. The standard InChI is InChI=1S/C12H14ClFO/c1-15-12-5-4-9(14)7-10(12)11(13)6-8-2-3-8/h4-5,7-8,11H,2-3,6H2,1H3. The van der Waals surface area contributed by atoms with Crippen LogP contribution in [0.15, 0.2) is 18.2 Å². The van der Waals surface area contributed by atoms with E-state index >= 15 is 0 Å². The van der Waals surface area contributed by atoms with Gasteiger partial charge in [0, 0.05) is 5.56 Å². The van der Waals surface area contributed by atoms with Crippen LogP contribution in [0.2, 0.25) is 0 Å². The second-order valence-corrected chi connectivity index (χ2v) is 4.56. The fourth-order valence-electron chi connectivity index (χ4n) is 1.72. The van der Waals surface area contributed by atoms with Crippen LogP contribution in [0.4, 0.5) is 4.39 Å². The summed E-state index contributed by atoms with van der Waals surface area (Å²) in [6.45, 7) is 0. The molecule has 3 heteroatoms. The number of methoxy groups -OCH3 is 1. The summed E-state index contributed by atoms with van der Waals surface area (Å²) in [4.78, 5) is 0. The summed E-state index contributed by atoms with van der Waals surface area (Å²) in [5, 5.41) is -0.136. The molecule has 0 aliphatic heterocycles. The van der Waals surface area contributed by atoms with Crippen molar-refractivity contribution < 1.29 is 9.13 Å². The molecular formula is C12H14ClFO. The van der Waals surface area contributed by atoms with E-state index in [0.29, 0.717) is 5.75 Å².